The lowest BCUT2D eigenvalue weighted by Crippen LogP contribution is -2.49. The van der Waals surface area contributed by atoms with Crippen LogP contribution in [0.15, 0.2) is 30.3 Å². The second-order valence-corrected chi connectivity index (χ2v) is 5.61. The number of piperidine rings is 1. The SMILES string of the molecule is CC1CCCN(C(=O)C/C=C/c2ccc(F)cc2)C1CO. The Bertz CT molecular complexity index is 498. The van der Waals surface area contributed by atoms with E-state index in [-0.39, 0.29) is 24.4 Å². The lowest BCUT2D eigenvalue weighted by molar-refractivity contribution is -0.136. The van der Waals surface area contributed by atoms with Gasteiger partial charge in [0.2, 0.25) is 5.91 Å². The second-order valence-electron chi connectivity index (χ2n) is 5.61. The van der Waals surface area contributed by atoms with Crippen LogP contribution in [0.25, 0.3) is 6.08 Å². The summed E-state index contributed by atoms with van der Waals surface area (Å²) in [5.74, 6) is 0.115. The van der Waals surface area contributed by atoms with Crippen molar-refractivity contribution in [1.82, 2.24) is 4.90 Å². The highest BCUT2D eigenvalue weighted by Gasteiger charge is 2.30. The first-order chi connectivity index (χ1) is 10.1. The van der Waals surface area contributed by atoms with Crippen molar-refractivity contribution in [2.24, 2.45) is 5.92 Å². The number of halogens is 1. The average molecular weight is 291 g/mol. The van der Waals surface area contributed by atoms with E-state index in [2.05, 4.69) is 6.92 Å². The van der Waals surface area contributed by atoms with Crippen molar-refractivity contribution in [1.29, 1.82) is 0 Å². The molecule has 1 aromatic carbocycles. The molecule has 0 spiro atoms. The van der Waals surface area contributed by atoms with Crippen LogP contribution in [0.2, 0.25) is 0 Å². The molecule has 1 N–H and O–H groups in total. The van der Waals surface area contributed by atoms with Crippen LogP contribution in [-0.2, 0) is 4.79 Å². The number of hydrogen-bond acceptors (Lipinski definition) is 2. The minimum atomic E-state index is -0.267. The molecule has 2 rings (SSSR count). The van der Waals surface area contributed by atoms with Crippen molar-refractivity contribution in [3.8, 4) is 0 Å². The zero-order valence-corrected chi connectivity index (χ0v) is 12.3. The minimum absolute atomic E-state index is 0.0224. The fourth-order valence-electron chi connectivity index (χ4n) is 2.82. The number of rotatable bonds is 4. The molecule has 1 amide bonds. The molecule has 2 atom stereocenters. The molecule has 1 aliphatic rings. The first-order valence-electron chi connectivity index (χ1n) is 7.44. The summed E-state index contributed by atoms with van der Waals surface area (Å²) in [6.07, 6.45) is 5.97. The molecule has 3 nitrogen and oxygen atoms in total. The molecule has 4 heteroatoms. The van der Waals surface area contributed by atoms with Crippen molar-refractivity contribution >= 4 is 12.0 Å². The van der Waals surface area contributed by atoms with E-state index < -0.39 is 0 Å². The largest absolute Gasteiger partial charge is 0.394 e. The van der Waals surface area contributed by atoms with Gasteiger partial charge in [0, 0.05) is 13.0 Å². The molecule has 1 saturated heterocycles. The molecule has 0 bridgehead atoms. The molecule has 0 aromatic heterocycles. The van der Waals surface area contributed by atoms with Crippen LogP contribution in [0.5, 0.6) is 0 Å². The third-order valence-corrected chi connectivity index (χ3v) is 4.10. The zero-order valence-electron chi connectivity index (χ0n) is 12.3. The summed E-state index contributed by atoms with van der Waals surface area (Å²) in [7, 11) is 0. The number of benzene rings is 1. The number of amides is 1. The van der Waals surface area contributed by atoms with Crippen LogP contribution < -0.4 is 0 Å². The van der Waals surface area contributed by atoms with Gasteiger partial charge < -0.3 is 10.0 Å². The molecule has 0 saturated carbocycles. The summed E-state index contributed by atoms with van der Waals surface area (Å²) in [5.41, 5.74) is 0.870. The molecule has 1 aliphatic heterocycles. The Morgan fingerprint density at radius 3 is 2.81 bits per heavy atom. The number of carbonyl (C=O) groups excluding carboxylic acids is 1. The maximum atomic E-state index is 12.8. The second kappa shape index (κ2) is 7.36. The van der Waals surface area contributed by atoms with Gasteiger partial charge >= 0.3 is 0 Å². The van der Waals surface area contributed by atoms with Crippen molar-refractivity contribution in [3.63, 3.8) is 0 Å². The normalized spacial score (nSPS) is 22.7. The summed E-state index contributed by atoms with van der Waals surface area (Å²) in [6, 6.07) is 6.09. The monoisotopic (exact) mass is 291 g/mol. The van der Waals surface area contributed by atoms with Gasteiger partial charge in [0.25, 0.3) is 0 Å². The van der Waals surface area contributed by atoms with Crippen LogP contribution in [0.4, 0.5) is 4.39 Å². The topological polar surface area (TPSA) is 40.5 Å². The lowest BCUT2D eigenvalue weighted by atomic mass is 9.91. The Morgan fingerprint density at radius 1 is 1.43 bits per heavy atom. The average Bonchev–Trinajstić information content (AvgIpc) is 2.49. The van der Waals surface area contributed by atoms with Gasteiger partial charge in [0.15, 0.2) is 0 Å². The summed E-state index contributed by atoms with van der Waals surface area (Å²) in [4.78, 5) is 14.1. The van der Waals surface area contributed by atoms with Gasteiger partial charge in [-0.15, -0.1) is 0 Å². The van der Waals surface area contributed by atoms with Gasteiger partial charge in [-0.3, -0.25) is 4.79 Å². The highest BCUT2D eigenvalue weighted by molar-refractivity contribution is 5.79. The number of nitrogens with zero attached hydrogens (tertiary/aromatic N) is 1. The Balaban J connectivity index is 1.92. The Hall–Kier alpha value is -1.68. The minimum Gasteiger partial charge on any atom is -0.394 e. The van der Waals surface area contributed by atoms with Gasteiger partial charge in [0.05, 0.1) is 12.6 Å². The number of likely N-dealkylation sites (tertiary alicyclic amines) is 1. The van der Waals surface area contributed by atoms with E-state index >= 15 is 0 Å². The van der Waals surface area contributed by atoms with Crippen LogP contribution in [-0.4, -0.2) is 35.1 Å². The predicted molar refractivity (Wildman–Crippen MR) is 81.0 cm³/mol. The number of aliphatic hydroxyl groups is 1. The summed E-state index contributed by atoms with van der Waals surface area (Å²) < 4.78 is 12.8. The lowest BCUT2D eigenvalue weighted by Gasteiger charge is -2.39. The van der Waals surface area contributed by atoms with Gasteiger partial charge in [0.1, 0.15) is 5.82 Å². The number of carbonyl (C=O) groups is 1. The van der Waals surface area contributed by atoms with E-state index in [1.165, 1.54) is 12.1 Å². The van der Waals surface area contributed by atoms with Crippen molar-refractivity contribution < 1.29 is 14.3 Å². The Labute approximate surface area is 125 Å². The maximum Gasteiger partial charge on any atom is 0.226 e. The first kappa shape index (κ1) is 15.7. The molecule has 1 aromatic rings. The quantitative estimate of drug-likeness (QED) is 0.926. The highest BCUT2D eigenvalue weighted by Crippen LogP contribution is 2.23. The predicted octanol–water partition coefficient (Wildman–Crippen LogP) is 2.85. The fraction of sp³-hybridized carbons (Fsp3) is 0.471. The number of hydrogen-bond donors (Lipinski definition) is 1. The van der Waals surface area contributed by atoms with E-state index in [9.17, 15) is 14.3 Å². The molecular weight excluding hydrogens is 269 g/mol. The van der Waals surface area contributed by atoms with Crippen molar-refractivity contribution in [2.75, 3.05) is 13.2 Å². The van der Waals surface area contributed by atoms with Gasteiger partial charge in [-0.25, -0.2) is 4.39 Å². The van der Waals surface area contributed by atoms with Gasteiger partial charge in [-0.05, 0) is 36.5 Å². The Morgan fingerprint density at radius 2 is 2.14 bits per heavy atom. The molecule has 2 unspecified atom stereocenters. The zero-order chi connectivity index (χ0) is 15.2. The van der Waals surface area contributed by atoms with Gasteiger partial charge in [-0.1, -0.05) is 31.2 Å². The Kier molecular flexibility index (Phi) is 5.51. The smallest absolute Gasteiger partial charge is 0.226 e. The summed E-state index contributed by atoms with van der Waals surface area (Å²) >= 11 is 0. The van der Waals surface area contributed by atoms with Crippen LogP contribution >= 0.6 is 0 Å². The maximum absolute atomic E-state index is 12.8. The summed E-state index contributed by atoms with van der Waals surface area (Å²) in [5, 5.41) is 9.46. The van der Waals surface area contributed by atoms with Crippen LogP contribution in [0.1, 0.15) is 31.7 Å². The standard InChI is InChI=1S/C17H22FNO2/c1-13-4-3-11-19(16(13)12-20)17(21)6-2-5-14-7-9-15(18)10-8-14/h2,5,7-10,13,16,20H,3-4,6,11-12H2,1H3/b5-2+. The third kappa shape index (κ3) is 4.14. The van der Waals surface area contributed by atoms with E-state index in [4.69, 9.17) is 0 Å². The van der Waals surface area contributed by atoms with Crippen molar-refractivity contribution in [3.05, 3.63) is 41.7 Å². The molecule has 1 fully saturated rings. The molecule has 114 valence electrons. The molecule has 1 heterocycles. The highest BCUT2D eigenvalue weighted by atomic mass is 19.1. The van der Waals surface area contributed by atoms with Crippen LogP contribution in [0.3, 0.4) is 0 Å². The van der Waals surface area contributed by atoms with E-state index in [0.29, 0.717) is 12.3 Å². The van der Waals surface area contributed by atoms with E-state index in [1.807, 2.05) is 6.08 Å². The summed E-state index contributed by atoms with van der Waals surface area (Å²) in [6.45, 7) is 2.82. The van der Waals surface area contributed by atoms with E-state index in [1.54, 1.807) is 23.1 Å². The van der Waals surface area contributed by atoms with Gasteiger partial charge in [-0.2, -0.15) is 0 Å². The van der Waals surface area contributed by atoms with Crippen LogP contribution in [0, 0.1) is 11.7 Å². The first-order valence-corrected chi connectivity index (χ1v) is 7.44. The molecule has 0 radical (unpaired) electrons. The fourth-order valence-corrected chi connectivity index (χ4v) is 2.82. The molecule has 0 aliphatic carbocycles. The third-order valence-electron chi connectivity index (χ3n) is 4.10. The van der Waals surface area contributed by atoms with Crippen molar-refractivity contribution in [2.45, 2.75) is 32.2 Å². The molecule has 21 heavy (non-hydrogen) atoms. The molecular formula is C17H22FNO2. The number of aliphatic hydroxyl groups excluding tert-OH is 1. The van der Waals surface area contributed by atoms with E-state index in [0.717, 1.165) is 24.9 Å².